The molecule has 0 aliphatic carbocycles. The molecule has 0 saturated carbocycles. The average Bonchev–Trinajstić information content (AvgIpc) is 2.85. The van der Waals surface area contributed by atoms with Gasteiger partial charge in [0.1, 0.15) is 6.61 Å². The molecule has 0 N–H and O–H groups in total. The minimum Gasteiger partial charge on any atom is -0.481 e. The molecular weight excluding hydrogens is 418 g/mol. The van der Waals surface area contributed by atoms with E-state index in [0.29, 0.717) is 44.2 Å². The molecule has 0 radical (unpaired) electrons. The lowest BCUT2D eigenvalue weighted by Gasteiger charge is -2.33. The SMILES string of the molecule is COc1nc(OCc2cccc(-c3ccccc3)c2C)nc(OC)c1CN1CCOCC1C. The zero-order valence-electron chi connectivity index (χ0n) is 19.7. The summed E-state index contributed by atoms with van der Waals surface area (Å²) in [5.74, 6) is 0.926. The van der Waals surface area contributed by atoms with Gasteiger partial charge in [-0.2, -0.15) is 9.97 Å². The van der Waals surface area contributed by atoms with Crippen molar-refractivity contribution in [1.82, 2.24) is 14.9 Å². The van der Waals surface area contributed by atoms with Crippen molar-refractivity contribution in [2.24, 2.45) is 0 Å². The largest absolute Gasteiger partial charge is 0.481 e. The summed E-state index contributed by atoms with van der Waals surface area (Å²) in [4.78, 5) is 11.4. The van der Waals surface area contributed by atoms with E-state index >= 15 is 0 Å². The van der Waals surface area contributed by atoms with Crippen LogP contribution in [-0.4, -0.2) is 54.9 Å². The van der Waals surface area contributed by atoms with Crippen LogP contribution in [-0.2, 0) is 17.9 Å². The minimum atomic E-state index is 0.229. The van der Waals surface area contributed by atoms with Crippen LogP contribution in [0.25, 0.3) is 11.1 Å². The fraction of sp³-hybridized carbons (Fsp3) is 0.385. The Balaban J connectivity index is 1.54. The van der Waals surface area contributed by atoms with Crippen molar-refractivity contribution in [1.29, 1.82) is 0 Å². The molecule has 174 valence electrons. The molecule has 1 atom stereocenters. The van der Waals surface area contributed by atoms with Crippen molar-refractivity contribution < 1.29 is 18.9 Å². The Labute approximate surface area is 195 Å². The molecule has 1 saturated heterocycles. The number of methoxy groups -OCH3 is 2. The predicted octanol–water partition coefficient (Wildman–Crippen LogP) is 4.27. The molecule has 3 aromatic rings. The van der Waals surface area contributed by atoms with Gasteiger partial charge < -0.3 is 18.9 Å². The van der Waals surface area contributed by atoms with Gasteiger partial charge in [-0.05, 0) is 36.1 Å². The molecule has 7 heteroatoms. The molecule has 0 spiro atoms. The third-order valence-electron chi connectivity index (χ3n) is 6.05. The predicted molar refractivity (Wildman–Crippen MR) is 127 cm³/mol. The van der Waals surface area contributed by atoms with Crippen molar-refractivity contribution in [3.8, 4) is 28.9 Å². The molecule has 2 heterocycles. The van der Waals surface area contributed by atoms with E-state index in [4.69, 9.17) is 18.9 Å². The number of nitrogens with zero attached hydrogens (tertiary/aromatic N) is 3. The number of hydrogen-bond donors (Lipinski definition) is 0. The maximum Gasteiger partial charge on any atom is 0.323 e. The monoisotopic (exact) mass is 449 g/mol. The first-order valence-corrected chi connectivity index (χ1v) is 11.2. The van der Waals surface area contributed by atoms with Gasteiger partial charge in [-0.15, -0.1) is 0 Å². The normalized spacial score (nSPS) is 16.4. The highest BCUT2D eigenvalue weighted by Crippen LogP contribution is 2.31. The van der Waals surface area contributed by atoms with Crippen LogP contribution in [0.4, 0.5) is 0 Å². The summed E-state index contributed by atoms with van der Waals surface area (Å²) in [6.07, 6.45) is 0. The summed E-state index contributed by atoms with van der Waals surface area (Å²) in [5.41, 5.74) is 5.41. The van der Waals surface area contributed by atoms with E-state index in [-0.39, 0.29) is 6.01 Å². The van der Waals surface area contributed by atoms with Crippen molar-refractivity contribution in [3.05, 3.63) is 65.2 Å². The van der Waals surface area contributed by atoms with Gasteiger partial charge in [0.15, 0.2) is 0 Å². The summed E-state index contributed by atoms with van der Waals surface area (Å²) in [5, 5.41) is 0. The zero-order valence-corrected chi connectivity index (χ0v) is 19.7. The van der Waals surface area contributed by atoms with Crippen molar-refractivity contribution in [3.63, 3.8) is 0 Å². The van der Waals surface area contributed by atoms with Gasteiger partial charge in [0.2, 0.25) is 11.8 Å². The molecule has 1 unspecified atom stereocenters. The summed E-state index contributed by atoms with van der Waals surface area (Å²) in [7, 11) is 3.20. The summed E-state index contributed by atoms with van der Waals surface area (Å²) in [6, 6.07) is 17.1. The van der Waals surface area contributed by atoms with E-state index in [1.54, 1.807) is 14.2 Å². The molecule has 33 heavy (non-hydrogen) atoms. The average molecular weight is 450 g/mol. The van der Waals surface area contributed by atoms with Gasteiger partial charge in [0.25, 0.3) is 0 Å². The molecule has 2 aromatic carbocycles. The fourth-order valence-corrected chi connectivity index (χ4v) is 4.07. The smallest absolute Gasteiger partial charge is 0.323 e. The number of morpholine rings is 1. The Morgan fingerprint density at radius 2 is 1.73 bits per heavy atom. The van der Waals surface area contributed by atoms with E-state index < -0.39 is 0 Å². The highest BCUT2D eigenvalue weighted by Gasteiger charge is 2.24. The lowest BCUT2D eigenvalue weighted by Crippen LogP contribution is -2.43. The molecule has 1 aliphatic heterocycles. The summed E-state index contributed by atoms with van der Waals surface area (Å²) in [6.45, 7) is 7.46. The molecular formula is C26H31N3O4. The molecule has 0 amide bonds. The highest BCUT2D eigenvalue weighted by molar-refractivity contribution is 5.68. The Morgan fingerprint density at radius 3 is 2.39 bits per heavy atom. The van der Waals surface area contributed by atoms with Crippen LogP contribution in [0.3, 0.4) is 0 Å². The lowest BCUT2D eigenvalue weighted by atomic mass is 9.97. The fourth-order valence-electron chi connectivity index (χ4n) is 4.07. The third-order valence-corrected chi connectivity index (χ3v) is 6.05. The topological polar surface area (TPSA) is 65.9 Å². The number of aromatic nitrogens is 2. The van der Waals surface area contributed by atoms with E-state index in [9.17, 15) is 0 Å². The summed E-state index contributed by atoms with van der Waals surface area (Å²) < 4.78 is 22.7. The number of benzene rings is 2. The second kappa shape index (κ2) is 10.6. The molecule has 1 fully saturated rings. The van der Waals surface area contributed by atoms with Crippen LogP contribution in [0.2, 0.25) is 0 Å². The molecule has 0 bridgehead atoms. The van der Waals surface area contributed by atoms with Crippen molar-refractivity contribution in [2.75, 3.05) is 34.0 Å². The number of ether oxygens (including phenoxy) is 4. The van der Waals surface area contributed by atoms with E-state index in [0.717, 1.165) is 17.7 Å². The second-order valence-electron chi connectivity index (χ2n) is 8.14. The van der Waals surface area contributed by atoms with E-state index in [2.05, 4.69) is 53.0 Å². The molecule has 7 nitrogen and oxygen atoms in total. The minimum absolute atomic E-state index is 0.229. The van der Waals surface area contributed by atoms with Gasteiger partial charge >= 0.3 is 6.01 Å². The van der Waals surface area contributed by atoms with Crippen molar-refractivity contribution in [2.45, 2.75) is 33.0 Å². The molecule has 4 rings (SSSR count). The highest BCUT2D eigenvalue weighted by atomic mass is 16.5. The maximum atomic E-state index is 6.00. The Bertz CT molecular complexity index is 1050. The molecule has 1 aromatic heterocycles. The zero-order chi connectivity index (χ0) is 23.2. The van der Waals surface area contributed by atoms with Crippen LogP contribution in [0, 0.1) is 6.92 Å². The van der Waals surface area contributed by atoms with Crippen LogP contribution in [0.15, 0.2) is 48.5 Å². The third kappa shape index (κ3) is 5.26. The first-order valence-electron chi connectivity index (χ1n) is 11.2. The standard InChI is InChI=1S/C26H31N3O4/c1-18-16-32-14-13-29(18)15-23-24(30-3)27-26(28-25(23)31-4)33-17-21-11-8-12-22(19(21)2)20-9-6-5-7-10-20/h5-12,18H,13-17H2,1-4H3. The van der Waals surface area contributed by atoms with E-state index in [1.807, 2.05) is 24.3 Å². The quantitative estimate of drug-likeness (QED) is 0.509. The first kappa shape index (κ1) is 23.0. The summed E-state index contributed by atoms with van der Waals surface area (Å²) >= 11 is 0. The first-order chi connectivity index (χ1) is 16.1. The molecule has 1 aliphatic rings. The van der Waals surface area contributed by atoms with Crippen LogP contribution in [0.5, 0.6) is 17.8 Å². The van der Waals surface area contributed by atoms with Gasteiger partial charge in [-0.25, -0.2) is 0 Å². The van der Waals surface area contributed by atoms with Crippen LogP contribution >= 0.6 is 0 Å². The Kier molecular flexibility index (Phi) is 7.42. The van der Waals surface area contributed by atoms with Crippen LogP contribution in [0.1, 0.15) is 23.6 Å². The number of hydrogen-bond acceptors (Lipinski definition) is 7. The van der Waals surface area contributed by atoms with E-state index in [1.165, 1.54) is 16.7 Å². The van der Waals surface area contributed by atoms with Gasteiger partial charge in [0, 0.05) is 19.1 Å². The van der Waals surface area contributed by atoms with Crippen LogP contribution < -0.4 is 14.2 Å². The van der Waals surface area contributed by atoms with Gasteiger partial charge in [-0.3, -0.25) is 4.90 Å². The maximum absolute atomic E-state index is 6.00. The Hall–Kier alpha value is -3.16. The lowest BCUT2D eigenvalue weighted by molar-refractivity contribution is -0.00512. The van der Waals surface area contributed by atoms with Gasteiger partial charge in [-0.1, -0.05) is 48.5 Å². The van der Waals surface area contributed by atoms with Gasteiger partial charge in [0.05, 0.1) is 33.0 Å². The Morgan fingerprint density at radius 1 is 1.00 bits per heavy atom. The number of rotatable bonds is 8. The second-order valence-corrected chi connectivity index (χ2v) is 8.14. The van der Waals surface area contributed by atoms with Crippen molar-refractivity contribution >= 4 is 0 Å².